The quantitative estimate of drug-likeness (QED) is 0.786. The summed E-state index contributed by atoms with van der Waals surface area (Å²) in [6.45, 7) is -0.346. The molecule has 0 bridgehead atoms. The average molecular weight is 369 g/mol. The highest BCUT2D eigenvalue weighted by molar-refractivity contribution is 7.88. The number of benzene rings is 2. The summed E-state index contributed by atoms with van der Waals surface area (Å²) in [5, 5.41) is 2.92. The summed E-state index contributed by atoms with van der Waals surface area (Å²) >= 11 is 5.97. The number of hydrogen-bond acceptors (Lipinski definition) is 4. The van der Waals surface area contributed by atoms with E-state index < -0.39 is 15.9 Å². The van der Waals surface area contributed by atoms with Gasteiger partial charge in [-0.05, 0) is 29.8 Å². The third kappa shape index (κ3) is 5.52. The second-order valence-electron chi connectivity index (χ2n) is 4.96. The monoisotopic (exact) mass is 368 g/mol. The van der Waals surface area contributed by atoms with Crippen molar-refractivity contribution in [2.24, 2.45) is 0 Å². The highest BCUT2D eigenvalue weighted by atomic mass is 35.5. The van der Waals surface area contributed by atoms with Crippen LogP contribution in [0.25, 0.3) is 0 Å². The molecular formula is C16H17ClN2O4S. The number of anilines is 1. The van der Waals surface area contributed by atoms with Crippen molar-refractivity contribution in [3.8, 4) is 5.75 Å². The van der Waals surface area contributed by atoms with Crippen LogP contribution in [0.15, 0.2) is 48.5 Å². The van der Waals surface area contributed by atoms with Crippen molar-refractivity contribution in [2.45, 2.75) is 5.75 Å². The molecular weight excluding hydrogens is 352 g/mol. The minimum Gasteiger partial charge on any atom is -0.495 e. The van der Waals surface area contributed by atoms with E-state index in [0.717, 1.165) is 0 Å². The number of halogens is 1. The van der Waals surface area contributed by atoms with Gasteiger partial charge in [-0.2, -0.15) is 0 Å². The molecule has 24 heavy (non-hydrogen) atoms. The number of para-hydroxylation sites is 1. The van der Waals surface area contributed by atoms with Crippen LogP contribution in [0.4, 0.5) is 5.69 Å². The molecule has 0 radical (unpaired) electrons. The van der Waals surface area contributed by atoms with Crippen LogP contribution in [-0.4, -0.2) is 28.0 Å². The SMILES string of the molecule is COc1ccc(CS(=O)(=O)NCC(=O)Nc2ccccc2)cc1Cl. The minimum atomic E-state index is -3.67. The van der Waals surface area contributed by atoms with Crippen LogP contribution in [-0.2, 0) is 20.6 Å². The maximum Gasteiger partial charge on any atom is 0.239 e. The van der Waals surface area contributed by atoms with Crippen LogP contribution in [0.1, 0.15) is 5.56 Å². The Hall–Kier alpha value is -2.09. The smallest absolute Gasteiger partial charge is 0.239 e. The van der Waals surface area contributed by atoms with E-state index in [9.17, 15) is 13.2 Å². The number of hydrogen-bond donors (Lipinski definition) is 2. The Morgan fingerprint density at radius 2 is 1.88 bits per heavy atom. The summed E-state index contributed by atoms with van der Waals surface area (Å²) in [6, 6.07) is 13.5. The first kappa shape index (κ1) is 18.3. The normalized spacial score (nSPS) is 11.1. The first-order valence-electron chi connectivity index (χ1n) is 7.04. The lowest BCUT2D eigenvalue weighted by Gasteiger charge is -2.09. The largest absolute Gasteiger partial charge is 0.495 e. The molecule has 0 aromatic heterocycles. The lowest BCUT2D eigenvalue weighted by atomic mass is 10.2. The lowest BCUT2D eigenvalue weighted by molar-refractivity contribution is -0.115. The van der Waals surface area contributed by atoms with Crippen molar-refractivity contribution in [1.82, 2.24) is 4.72 Å². The third-order valence-corrected chi connectivity index (χ3v) is 4.68. The fourth-order valence-electron chi connectivity index (χ4n) is 1.97. The van der Waals surface area contributed by atoms with Gasteiger partial charge in [-0.1, -0.05) is 35.9 Å². The molecule has 8 heteroatoms. The minimum absolute atomic E-state index is 0.282. The molecule has 0 heterocycles. The van der Waals surface area contributed by atoms with Gasteiger partial charge >= 0.3 is 0 Å². The van der Waals surface area contributed by atoms with Crippen LogP contribution < -0.4 is 14.8 Å². The summed E-state index contributed by atoms with van der Waals surface area (Å²) in [5.41, 5.74) is 1.10. The molecule has 2 N–H and O–H groups in total. The average Bonchev–Trinajstić information content (AvgIpc) is 2.54. The molecule has 6 nitrogen and oxygen atoms in total. The third-order valence-electron chi connectivity index (χ3n) is 3.08. The Morgan fingerprint density at radius 1 is 1.17 bits per heavy atom. The first-order chi connectivity index (χ1) is 11.4. The second-order valence-corrected chi connectivity index (χ2v) is 7.18. The van der Waals surface area contributed by atoms with Crippen LogP contribution in [0.5, 0.6) is 5.75 Å². The van der Waals surface area contributed by atoms with Gasteiger partial charge in [0.1, 0.15) is 5.75 Å². The van der Waals surface area contributed by atoms with E-state index in [1.807, 2.05) is 6.07 Å². The Morgan fingerprint density at radius 3 is 2.50 bits per heavy atom. The van der Waals surface area contributed by atoms with Gasteiger partial charge in [0.05, 0.1) is 24.4 Å². The Labute approximate surface area is 145 Å². The van der Waals surface area contributed by atoms with Crippen molar-refractivity contribution in [3.63, 3.8) is 0 Å². The standard InChI is InChI=1S/C16H17ClN2O4S/c1-23-15-8-7-12(9-14(15)17)11-24(21,22)18-10-16(20)19-13-5-3-2-4-6-13/h2-9,18H,10-11H2,1H3,(H,19,20). The van der Waals surface area contributed by atoms with Gasteiger partial charge in [-0.3, -0.25) is 4.79 Å². The fourth-order valence-corrected chi connectivity index (χ4v) is 3.32. The van der Waals surface area contributed by atoms with Crippen molar-refractivity contribution in [1.29, 1.82) is 0 Å². The number of carbonyl (C=O) groups is 1. The molecule has 0 aliphatic carbocycles. The van der Waals surface area contributed by atoms with E-state index in [1.54, 1.807) is 36.4 Å². The molecule has 0 saturated heterocycles. The van der Waals surface area contributed by atoms with Gasteiger partial charge in [0, 0.05) is 5.69 Å². The van der Waals surface area contributed by atoms with Crippen LogP contribution in [0.3, 0.4) is 0 Å². The predicted molar refractivity (Wildman–Crippen MR) is 93.7 cm³/mol. The summed E-state index contributed by atoms with van der Waals surface area (Å²) in [7, 11) is -2.19. The van der Waals surface area contributed by atoms with Crippen LogP contribution in [0.2, 0.25) is 5.02 Å². The number of sulfonamides is 1. The van der Waals surface area contributed by atoms with Gasteiger partial charge in [-0.15, -0.1) is 0 Å². The molecule has 1 amide bonds. The van der Waals surface area contributed by atoms with Crippen molar-refractivity contribution in [3.05, 3.63) is 59.1 Å². The van der Waals surface area contributed by atoms with Crippen LogP contribution in [0, 0.1) is 0 Å². The molecule has 0 aliphatic heterocycles. The maximum atomic E-state index is 12.1. The van der Waals surface area contributed by atoms with Crippen molar-refractivity contribution in [2.75, 3.05) is 19.0 Å². The van der Waals surface area contributed by atoms with E-state index >= 15 is 0 Å². The highest BCUT2D eigenvalue weighted by Gasteiger charge is 2.14. The lowest BCUT2D eigenvalue weighted by Crippen LogP contribution is -2.33. The van der Waals surface area contributed by atoms with E-state index in [-0.39, 0.29) is 12.3 Å². The molecule has 128 valence electrons. The number of methoxy groups -OCH3 is 1. The molecule has 0 spiro atoms. The van der Waals surface area contributed by atoms with Gasteiger partial charge in [0.25, 0.3) is 0 Å². The van der Waals surface area contributed by atoms with E-state index in [2.05, 4.69) is 10.0 Å². The molecule has 2 rings (SSSR count). The van der Waals surface area contributed by atoms with E-state index in [0.29, 0.717) is 22.0 Å². The van der Waals surface area contributed by atoms with Crippen LogP contribution >= 0.6 is 11.6 Å². The first-order valence-corrected chi connectivity index (χ1v) is 9.07. The van der Waals surface area contributed by atoms with Crippen molar-refractivity contribution < 1.29 is 17.9 Å². The zero-order valence-electron chi connectivity index (χ0n) is 13.0. The molecule has 2 aromatic carbocycles. The van der Waals surface area contributed by atoms with E-state index in [1.165, 1.54) is 13.2 Å². The fraction of sp³-hybridized carbons (Fsp3) is 0.188. The van der Waals surface area contributed by atoms with Gasteiger partial charge < -0.3 is 10.1 Å². The van der Waals surface area contributed by atoms with Crippen molar-refractivity contribution >= 4 is 33.2 Å². The maximum absolute atomic E-state index is 12.1. The van der Waals surface area contributed by atoms with Gasteiger partial charge in [-0.25, -0.2) is 13.1 Å². The Bertz CT molecular complexity index is 810. The zero-order valence-corrected chi connectivity index (χ0v) is 14.5. The Kier molecular flexibility index (Phi) is 6.19. The van der Waals surface area contributed by atoms with Gasteiger partial charge in [0.2, 0.25) is 15.9 Å². The number of ether oxygens (including phenoxy) is 1. The predicted octanol–water partition coefficient (Wildman–Crippen LogP) is 2.41. The molecule has 0 unspecified atom stereocenters. The number of carbonyl (C=O) groups excluding carboxylic acids is 1. The van der Waals surface area contributed by atoms with E-state index in [4.69, 9.17) is 16.3 Å². The number of amides is 1. The summed E-state index contributed by atoms with van der Waals surface area (Å²) < 4.78 is 31.4. The zero-order chi connectivity index (χ0) is 17.6. The molecule has 0 saturated carbocycles. The summed E-state index contributed by atoms with van der Waals surface area (Å²) in [4.78, 5) is 11.8. The molecule has 0 atom stereocenters. The summed E-state index contributed by atoms with van der Waals surface area (Å²) in [6.07, 6.45) is 0. The second kappa shape index (κ2) is 8.14. The topological polar surface area (TPSA) is 84.5 Å². The van der Waals surface area contributed by atoms with Gasteiger partial charge in [0.15, 0.2) is 0 Å². The molecule has 2 aromatic rings. The highest BCUT2D eigenvalue weighted by Crippen LogP contribution is 2.25. The number of rotatable bonds is 7. The summed E-state index contributed by atoms with van der Waals surface area (Å²) in [5.74, 6) is -0.263. The Balaban J connectivity index is 1.91. The number of nitrogens with one attached hydrogen (secondary N) is 2. The molecule has 0 fully saturated rings. The molecule has 0 aliphatic rings.